The summed E-state index contributed by atoms with van der Waals surface area (Å²) in [5.41, 5.74) is 0.580. The first-order valence-corrected chi connectivity index (χ1v) is 7.73. The fraction of sp³-hybridized carbons (Fsp3) is 0.312. The van der Waals surface area contributed by atoms with Crippen LogP contribution in [0.4, 0.5) is 0 Å². The average molecular weight is 352 g/mol. The van der Waals surface area contributed by atoms with Crippen LogP contribution in [0, 0.1) is 0 Å². The Kier molecular flexibility index (Phi) is 5.87. The van der Waals surface area contributed by atoms with Crippen LogP contribution in [-0.4, -0.2) is 12.5 Å². The van der Waals surface area contributed by atoms with Crippen LogP contribution >= 0.6 is 15.9 Å². The molecule has 0 saturated heterocycles. The fourth-order valence-electron chi connectivity index (χ4n) is 1.77. The standard InChI is InChI=1S/C16H18BrNO3/c1-2-3-8-21-15-7-6-12(10-14(15)17)16(19)18-11-13-5-4-9-20-13/h4-7,9-10H,2-3,8,11H2,1H3,(H,18,19). The molecule has 1 N–H and O–H groups in total. The second-order valence-corrected chi connectivity index (χ2v) is 5.46. The molecule has 0 unspecified atom stereocenters. The van der Waals surface area contributed by atoms with Gasteiger partial charge in [0.25, 0.3) is 5.91 Å². The molecule has 1 amide bonds. The highest BCUT2D eigenvalue weighted by molar-refractivity contribution is 9.10. The predicted octanol–water partition coefficient (Wildman–Crippen LogP) is 4.15. The summed E-state index contributed by atoms with van der Waals surface area (Å²) < 4.78 is 11.6. The van der Waals surface area contributed by atoms with Crippen LogP contribution in [0.5, 0.6) is 5.75 Å². The summed E-state index contributed by atoms with van der Waals surface area (Å²) in [4.78, 5) is 12.0. The molecule has 0 fully saturated rings. The number of nitrogens with one attached hydrogen (secondary N) is 1. The van der Waals surface area contributed by atoms with Crippen molar-refractivity contribution in [1.82, 2.24) is 5.32 Å². The maximum Gasteiger partial charge on any atom is 0.251 e. The van der Waals surface area contributed by atoms with Crippen molar-refractivity contribution in [2.24, 2.45) is 0 Å². The van der Waals surface area contributed by atoms with Gasteiger partial charge in [0, 0.05) is 5.56 Å². The first kappa shape index (κ1) is 15.6. The van der Waals surface area contributed by atoms with Crippen LogP contribution in [0.25, 0.3) is 0 Å². The van der Waals surface area contributed by atoms with Gasteiger partial charge in [0.1, 0.15) is 11.5 Å². The Morgan fingerprint density at radius 1 is 1.38 bits per heavy atom. The second-order valence-electron chi connectivity index (χ2n) is 4.61. The van der Waals surface area contributed by atoms with Gasteiger partial charge in [0.15, 0.2) is 0 Å². The second kappa shape index (κ2) is 7.88. The van der Waals surface area contributed by atoms with Crippen molar-refractivity contribution in [1.29, 1.82) is 0 Å². The number of furan rings is 1. The first-order chi connectivity index (χ1) is 10.2. The van der Waals surface area contributed by atoms with Gasteiger partial charge < -0.3 is 14.5 Å². The highest BCUT2D eigenvalue weighted by Gasteiger charge is 2.09. The molecule has 5 heteroatoms. The van der Waals surface area contributed by atoms with E-state index in [1.54, 1.807) is 24.5 Å². The number of carbonyl (C=O) groups excluding carboxylic acids is 1. The van der Waals surface area contributed by atoms with Crippen LogP contribution in [0.2, 0.25) is 0 Å². The fourth-order valence-corrected chi connectivity index (χ4v) is 2.26. The minimum Gasteiger partial charge on any atom is -0.492 e. The monoisotopic (exact) mass is 351 g/mol. The number of ether oxygens (including phenoxy) is 1. The van der Waals surface area contributed by atoms with E-state index in [-0.39, 0.29) is 5.91 Å². The van der Waals surface area contributed by atoms with Crippen LogP contribution < -0.4 is 10.1 Å². The molecule has 0 radical (unpaired) electrons. The maximum atomic E-state index is 12.0. The molecule has 4 nitrogen and oxygen atoms in total. The van der Waals surface area contributed by atoms with Crippen molar-refractivity contribution in [3.05, 3.63) is 52.4 Å². The van der Waals surface area contributed by atoms with E-state index in [0.717, 1.165) is 28.8 Å². The molecule has 1 aromatic carbocycles. The third-order valence-corrected chi connectivity index (χ3v) is 3.57. The molecule has 1 heterocycles. The van der Waals surface area contributed by atoms with Crippen LogP contribution in [0.1, 0.15) is 35.9 Å². The van der Waals surface area contributed by atoms with Crippen molar-refractivity contribution in [3.8, 4) is 5.75 Å². The number of benzene rings is 1. The maximum absolute atomic E-state index is 12.0. The molecule has 0 aliphatic rings. The summed E-state index contributed by atoms with van der Waals surface area (Å²) >= 11 is 3.43. The van der Waals surface area contributed by atoms with E-state index in [4.69, 9.17) is 9.15 Å². The van der Waals surface area contributed by atoms with E-state index in [9.17, 15) is 4.79 Å². The third kappa shape index (κ3) is 4.63. The number of amides is 1. The number of hydrogen-bond donors (Lipinski definition) is 1. The van der Waals surface area contributed by atoms with Crippen molar-refractivity contribution in [2.45, 2.75) is 26.3 Å². The highest BCUT2D eigenvalue weighted by atomic mass is 79.9. The molecule has 0 aliphatic heterocycles. The van der Waals surface area contributed by atoms with E-state index in [1.807, 2.05) is 12.1 Å². The minimum atomic E-state index is -0.146. The molecule has 0 saturated carbocycles. The van der Waals surface area contributed by atoms with Crippen LogP contribution in [0.3, 0.4) is 0 Å². The number of rotatable bonds is 7. The quantitative estimate of drug-likeness (QED) is 0.762. The molecule has 0 aliphatic carbocycles. The number of unbranched alkanes of at least 4 members (excludes halogenated alkanes) is 1. The van der Waals surface area contributed by atoms with Gasteiger partial charge in [0.05, 0.1) is 23.9 Å². The minimum absolute atomic E-state index is 0.146. The topological polar surface area (TPSA) is 51.5 Å². The Morgan fingerprint density at radius 2 is 2.24 bits per heavy atom. The van der Waals surface area contributed by atoms with Gasteiger partial charge in [-0.2, -0.15) is 0 Å². The zero-order valence-electron chi connectivity index (χ0n) is 11.9. The molecule has 2 aromatic rings. The molecule has 0 bridgehead atoms. The Bertz CT molecular complexity index is 581. The molecule has 112 valence electrons. The predicted molar refractivity (Wildman–Crippen MR) is 84.4 cm³/mol. The lowest BCUT2D eigenvalue weighted by Gasteiger charge is -2.09. The summed E-state index contributed by atoms with van der Waals surface area (Å²) in [5, 5.41) is 2.81. The van der Waals surface area contributed by atoms with E-state index in [2.05, 4.69) is 28.2 Å². The van der Waals surface area contributed by atoms with Gasteiger partial charge in [-0.05, 0) is 52.7 Å². The molecule has 1 aromatic heterocycles. The summed E-state index contributed by atoms with van der Waals surface area (Å²) in [5.74, 6) is 1.33. The van der Waals surface area contributed by atoms with E-state index < -0.39 is 0 Å². The van der Waals surface area contributed by atoms with Crippen molar-refractivity contribution in [3.63, 3.8) is 0 Å². The summed E-state index contributed by atoms with van der Waals surface area (Å²) in [7, 11) is 0. The smallest absolute Gasteiger partial charge is 0.251 e. The highest BCUT2D eigenvalue weighted by Crippen LogP contribution is 2.26. The SMILES string of the molecule is CCCCOc1ccc(C(=O)NCc2ccco2)cc1Br. The Morgan fingerprint density at radius 3 is 2.90 bits per heavy atom. The largest absolute Gasteiger partial charge is 0.492 e. The lowest BCUT2D eigenvalue weighted by atomic mass is 10.2. The molecular formula is C16H18BrNO3. The van der Waals surface area contributed by atoms with Gasteiger partial charge in [-0.25, -0.2) is 0 Å². The summed E-state index contributed by atoms with van der Waals surface area (Å²) in [6.45, 7) is 3.17. The molecule has 0 spiro atoms. The first-order valence-electron chi connectivity index (χ1n) is 6.93. The van der Waals surface area contributed by atoms with E-state index in [1.165, 1.54) is 0 Å². The number of carbonyl (C=O) groups is 1. The Labute approximate surface area is 132 Å². The van der Waals surface area contributed by atoms with Crippen molar-refractivity contribution >= 4 is 21.8 Å². The molecular weight excluding hydrogens is 334 g/mol. The zero-order chi connectivity index (χ0) is 15.1. The number of hydrogen-bond acceptors (Lipinski definition) is 3. The van der Waals surface area contributed by atoms with Gasteiger partial charge >= 0.3 is 0 Å². The van der Waals surface area contributed by atoms with Crippen molar-refractivity contribution < 1.29 is 13.9 Å². The average Bonchev–Trinajstić information content (AvgIpc) is 3.00. The van der Waals surface area contributed by atoms with Gasteiger partial charge in [-0.1, -0.05) is 13.3 Å². The Hall–Kier alpha value is -1.75. The van der Waals surface area contributed by atoms with Gasteiger partial charge in [-0.3, -0.25) is 4.79 Å². The number of halogens is 1. The van der Waals surface area contributed by atoms with Gasteiger partial charge in [-0.15, -0.1) is 0 Å². The molecule has 2 rings (SSSR count). The van der Waals surface area contributed by atoms with Crippen LogP contribution in [0.15, 0.2) is 45.5 Å². The van der Waals surface area contributed by atoms with Gasteiger partial charge in [0.2, 0.25) is 0 Å². The summed E-state index contributed by atoms with van der Waals surface area (Å²) in [6, 6.07) is 8.94. The zero-order valence-corrected chi connectivity index (χ0v) is 13.5. The molecule has 0 atom stereocenters. The van der Waals surface area contributed by atoms with E-state index >= 15 is 0 Å². The lowest BCUT2D eigenvalue weighted by Crippen LogP contribution is -2.22. The molecule has 21 heavy (non-hydrogen) atoms. The van der Waals surface area contributed by atoms with E-state index in [0.29, 0.717) is 18.7 Å². The van der Waals surface area contributed by atoms with Crippen LogP contribution in [-0.2, 0) is 6.54 Å². The van der Waals surface area contributed by atoms with Crippen molar-refractivity contribution in [2.75, 3.05) is 6.61 Å². The summed E-state index contributed by atoms with van der Waals surface area (Å²) in [6.07, 6.45) is 3.68. The Balaban J connectivity index is 1.93. The normalized spacial score (nSPS) is 10.4. The lowest BCUT2D eigenvalue weighted by molar-refractivity contribution is 0.0948. The third-order valence-electron chi connectivity index (χ3n) is 2.95.